The van der Waals surface area contributed by atoms with Crippen LogP contribution < -0.4 is 0 Å². The largest absolute Gasteiger partial charge is 0.507 e. The molecule has 0 aliphatic heterocycles. The van der Waals surface area contributed by atoms with E-state index in [0.29, 0.717) is 11.5 Å². The Morgan fingerprint density at radius 1 is 0.333 bits per heavy atom. The Morgan fingerprint density at radius 3 is 1.43 bits per heavy atom. The number of para-hydroxylation sites is 1. The van der Waals surface area contributed by atoms with Gasteiger partial charge < -0.3 is 10.2 Å². The second kappa shape index (κ2) is 14.5. The number of benzene rings is 6. The molecule has 0 spiro atoms. The van der Waals surface area contributed by atoms with Crippen molar-refractivity contribution in [3.8, 4) is 56.0 Å². The molecule has 0 aromatic heterocycles. The molecule has 2 N–H and O–H groups in total. The molecule has 0 radical (unpaired) electrons. The van der Waals surface area contributed by atoms with E-state index in [4.69, 9.17) is 0 Å². The molecule has 2 heteroatoms. The Hall–Kier alpha value is -5.08. The van der Waals surface area contributed by atoms with Gasteiger partial charge in [-0.05, 0) is 77.6 Å². The van der Waals surface area contributed by atoms with Crippen LogP contribution in [-0.2, 0) is 0 Å². The number of hydrogen-bond acceptors (Lipinski definition) is 2. The first-order chi connectivity index (χ1) is 20.5. The van der Waals surface area contributed by atoms with Crippen molar-refractivity contribution in [3.63, 3.8) is 0 Å². The lowest BCUT2D eigenvalue weighted by Gasteiger charge is -2.08. The Balaban J connectivity index is 0.000000182. The minimum Gasteiger partial charge on any atom is -0.507 e. The van der Waals surface area contributed by atoms with E-state index in [1.165, 1.54) is 16.7 Å². The van der Waals surface area contributed by atoms with Crippen LogP contribution in [0.5, 0.6) is 11.5 Å². The number of aryl methyl sites for hydroxylation is 2. The van der Waals surface area contributed by atoms with Gasteiger partial charge in [-0.1, -0.05) is 140 Å². The lowest BCUT2D eigenvalue weighted by molar-refractivity contribution is 0.476. The van der Waals surface area contributed by atoms with Gasteiger partial charge in [0.25, 0.3) is 0 Å². The molecule has 6 aromatic rings. The number of hydrogen-bond donors (Lipinski definition) is 2. The zero-order valence-corrected chi connectivity index (χ0v) is 24.8. The fourth-order valence-corrected chi connectivity index (χ4v) is 4.79. The minimum atomic E-state index is 0.314. The summed E-state index contributed by atoms with van der Waals surface area (Å²) in [5.74, 6) is 0.634. The molecule has 0 aliphatic carbocycles. The Morgan fingerprint density at radius 2 is 0.786 bits per heavy atom. The molecule has 0 fully saturated rings. The molecular formula is C40H38O2. The second-order valence-electron chi connectivity index (χ2n) is 9.93. The molecule has 0 atom stereocenters. The maximum atomic E-state index is 10.0. The smallest absolute Gasteiger partial charge is 0.123 e. The topological polar surface area (TPSA) is 40.5 Å². The highest BCUT2D eigenvalue weighted by Crippen LogP contribution is 2.33. The summed E-state index contributed by atoms with van der Waals surface area (Å²) in [4.78, 5) is 0. The van der Waals surface area contributed by atoms with Gasteiger partial charge in [-0.15, -0.1) is 0 Å². The highest BCUT2D eigenvalue weighted by molar-refractivity contribution is 5.77. The van der Waals surface area contributed by atoms with Crippen LogP contribution in [0.2, 0.25) is 0 Å². The maximum Gasteiger partial charge on any atom is 0.123 e. The standard InChI is InChI=1S/2C19H16O.C2H6/c1-14-6-4-7-15(12-14)16-8-5-9-17(13-16)18-10-2-3-11-19(18)20;1-14-10-11-19(20)18(12-14)17-9-5-8-16(13-17)15-6-3-2-4-7-15;1-2/h2*2-13,20H,1H3;1-2H3. The predicted molar refractivity (Wildman–Crippen MR) is 179 cm³/mol. The highest BCUT2D eigenvalue weighted by atomic mass is 16.3. The SMILES string of the molecule is CC.Cc1ccc(O)c(-c2cccc(-c3ccccc3)c2)c1.Cc1cccc(-c2cccc(-c3ccccc3O)c2)c1. The number of aromatic hydroxyl groups is 2. The van der Waals surface area contributed by atoms with Crippen molar-refractivity contribution < 1.29 is 10.2 Å². The van der Waals surface area contributed by atoms with Crippen LogP contribution in [0.4, 0.5) is 0 Å². The molecule has 0 aliphatic rings. The molecule has 0 bridgehead atoms. The fourth-order valence-electron chi connectivity index (χ4n) is 4.79. The molecule has 2 nitrogen and oxygen atoms in total. The average Bonchev–Trinajstić information content (AvgIpc) is 3.04. The molecule has 42 heavy (non-hydrogen) atoms. The Kier molecular flexibility index (Phi) is 10.3. The first kappa shape index (κ1) is 29.9. The van der Waals surface area contributed by atoms with E-state index >= 15 is 0 Å². The molecule has 210 valence electrons. The highest BCUT2D eigenvalue weighted by Gasteiger charge is 2.07. The average molecular weight is 551 g/mol. The van der Waals surface area contributed by atoms with Crippen molar-refractivity contribution >= 4 is 0 Å². The van der Waals surface area contributed by atoms with Gasteiger partial charge in [0.15, 0.2) is 0 Å². The summed E-state index contributed by atoms with van der Waals surface area (Å²) < 4.78 is 0. The molecule has 0 saturated carbocycles. The lowest BCUT2D eigenvalue weighted by Crippen LogP contribution is -1.83. The van der Waals surface area contributed by atoms with Crippen molar-refractivity contribution in [3.05, 3.63) is 157 Å². The summed E-state index contributed by atoms with van der Waals surface area (Å²) in [5, 5.41) is 20.0. The number of phenols is 2. The zero-order valence-electron chi connectivity index (χ0n) is 24.8. The van der Waals surface area contributed by atoms with Crippen LogP contribution in [0.15, 0.2) is 146 Å². The van der Waals surface area contributed by atoms with Crippen LogP contribution in [0.1, 0.15) is 25.0 Å². The molecule has 6 aromatic carbocycles. The van der Waals surface area contributed by atoms with Gasteiger partial charge in [0.1, 0.15) is 11.5 Å². The number of phenolic OH excluding ortho intramolecular Hbond substituents is 2. The van der Waals surface area contributed by atoms with Gasteiger partial charge in [0.2, 0.25) is 0 Å². The van der Waals surface area contributed by atoms with E-state index < -0.39 is 0 Å². The van der Waals surface area contributed by atoms with Crippen molar-refractivity contribution in [2.45, 2.75) is 27.7 Å². The molecule has 0 unspecified atom stereocenters. The van der Waals surface area contributed by atoms with Crippen LogP contribution >= 0.6 is 0 Å². The van der Waals surface area contributed by atoms with Crippen molar-refractivity contribution in [1.82, 2.24) is 0 Å². The molecule has 0 amide bonds. The van der Waals surface area contributed by atoms with Crippen LogP contribution in [-0.4, -0.2) is 10.2 Å². The zero-order chi connectivity index (χ0) is 29.9. The molecule has 6 rings (SSSR count). The summed E-state index contributed by atoms with van der Waals surface area (Å²) in [5.41, 5.74) is 10.9. The maximum absolute atomic E-state index is 10.0. The molecular weight excluding hydrogens is 512 g/mol. The van der Waals surface area contributed by atoms with E-state index in [0.717, 1.165) is 38.9 Å². The van der Waals surface area contributed by atoms with Gasteiger partial charge in [-0.2, -0.15) is 0 Å². The Labute approximate surface area is 250 Å². The Bertz CT molecular complexity index is 1730. The van der Waals surface area contributed by atoms with Gasteiger partial charge >= 0.3 is 0 Å². The minimum absolute atomic E-state index is 0.314. The van der Waals surface area contributed by atoms with E-state index in [1.54, 1.807) is 12.1 Å². The van der Waals surface area contributed by atoms with Crippen molar-refractivity contribution in [2.75, 3.05) is 0 Å². The first-order valence-corrected chi connectivity index (χ1v) is 14.4. The van der Waals surface area contributed by atoms with E-state index in [2.05, 4.69) is 67.6 Å². The summed E-state index contributed by atoms with van der Waals surface area (Å²) in [6.07, 6.45) is 0. The summed E-state index contributed by atoms with van der Waals surface area (Å²) in [6, 6.07) is 48.3. The van der Waals surface area contributed by atoms with Crippen LogP contribution in [0.3, 0.4) is 0 Å². The van der Waals surface area contributed by atoms with E-state index in [9.17, 15) is 10.2 Å². The van der Waals surface area contributed by atoms with Gasteiger partial charge in [-0.3, -0.25) is 0 Å². The van der Waals surface area contributed by atoms with Crippen LogP contribution in [0.25, 0.3) is 44.5 Å². The summed E-state index contributed by atoms with van der Waals surface area (Å²) in [6.45, 7) is 8.13. The fraction of sp³-hybridized carbons (Fsp3) is 0.100. The predicted octanol–water partition coefficient (Wildman–Crippen LogP) is 11.1. The summed E-state index contributed by atoms with van der Waals surface area (Å²) >= 11 is 0. The second-order valence-corrected chi connectivity index (χ2v) is 9.93. The number of rotatable bonds is 4. The quantitative estimate of drug-likeness (QED) is 0.229. The lowest BCUT2D eigenvalue weighted by atomic mass is 9.97. The van der Waals surface area contributed by atoms with Crippen LogP contribution in [0, 0.1) is 13.8 Å². The monoisotopic (exact) mass is 550 g/mol. The van der Waals surface area contributed by atoms with Crippen molar-refractivity contribution in [1.29, 1.82) is 0 Å². The van der Waals surface area contributed by atoms with Gasteiger partial charge in [-0.25, -0.2) is 0 Å². The van der Waals surface area contributed by atoms with E-state index in [-0.39, 0.29) is 0 Å². The third kappa shape index (κ3) is 7.56. The van der Waals surface area contributed by atoms with E-state index in [1.807, 2.05) is 93.6 Å². The molecule has 0 saturated heterocycles. The first-order valence-electron chi connectivity index (χ1n) is 14.4. The summed E-state index contributed by atoms with van der Waals surface area (Å²) in [7, 11) is 0. The van der Waals surface area contributed by atoms with Crippen molar-refractivity contribution in [2.24, 2.45) is 0 Å². The third-order valence-corrected chi connectivity index (χ3v) is 6.86. The molecule has 0 heterocycles. The van der Waals surface area contributed by atoms with Gasteiger partial charge in [0.05, 0.1) is 0 Å². The third-order valence-electron chi connectivity index (χ3n) is 6.86. The normalized spacial score (nSPS) is 10.1. The van der Waals surface area contributed by atoms with Gasteiger partial charge in [0, 0.05) is 11.1 Å².